The minimum atomic E-state index is -1.08. The zero-order valence-corrected chi connectivity index (χ0v) is 12.4. The molecule has 3 nitrogen and oxygen atoms in total. The Kier molecular flexibility index (Phi) is 5.55. The van der Waals surface area contributed by atoms with Crippen LogP contribution in [0.1, 0.15) is 38.7 Å². The van der Waals surface area contributed by atoms with Gasteiger partial charge in [0, 0.05) is 14.1 Å². The van der Waals surface area contributed by atoms with Crippen molar-refractivity contribution in [1.82, 2.24) is 4.90 Å². The van der Waals surface area contributed by atoms with Crippen molar-refractivity contribution in [1.29, 1.82) is 0 Å². The van der Waals surface area contributed by atoms with Gasteiger partial charge in [-0.1, -0.05) is 57.0 Å². The summed E-state index contributed by atoms with van der Waals surface area (Å²) in [5, 5.41) is 11.1. The molecule has 0 aliphatic rings. The van der Waals surface area contributed by atoms with Gasteiger partial charge in [-0.3, -0.25) is 4.79 Å². The molecule has 0 saturated heterocycles. The lowest BCUT2D eigenvalue weighted by molar-refractivity contribution is -0.143. The van der Waals surface area contributed by atoms with Gasteiger partial charge in [-0.15, -0.1) is 0 Å². The number of carbonyl (C=O) groups is 1. The van der Waals surface area contributed by atoms with E-state index in [1.807, 2.05) is 37.3 Å². The topological polar surface area (TPSA) is 40.5 Å². The van der Waals surface area contributed by atoms with E-state index in [-0.39, 0.29) is 5.91 Å². The lowest BCUT2D eigenvalue weighted by atomic mass is 9.78. The lowest BCUT2D eigenvalue weighted by Crippen LogP contribution is -2.43. The number of hydrogen-bond acceptors (Lipinski definition) is 2. The van der Waals surface area contributed by atoms with Crippen LogP contribution in [0.25, 0.3) is 0 Å². The molecule has 0 aliphatic heterocycles. The number of benzene rings is 1. The Morgan fingerprint density at radius 1 is 1.32 bits per heavy atom. The van der Waals surface area contributed by atoms with Crippen molar-refractivity contribution in [2.45, 2.75) is 38.7 Å². The fraction of sp³-hybridized carbons (Fsp3) is 0.562. The molecule has 0 spiro atoms. The van der Waals surface area contributed by atoms with Crippen LogP contribution in [0.4, 0.5) is 0 Å². The zero-order valence-electron chi connectivity index (χ0n) is 12.4. The highest BCUT2D eigenvalue weighted by Crippen LogP contribution is 2.35. The average molecular weight is 263 g/mol. The number of rotatable bonds is 6. The monoisotopic (exact) mass is 263 g/mol. The van der Waals surface area contributed by atoms with Crippen LogP contribution in [0, 0.1) is 5.92 Å². The Morgan fingerprint density at radius 3 is 2.37 bits per heavy atom. The summed E-state index contributed by atoms with van der Waals surface area (Å²) >= 11 is 0. The van der Waals surface area contributed by atoms with E-state index in [9.17, 15) is 9.90 Å². The van der Waals surface area contributed by atoms with Gasteiger partial charge in [-0.2, -0.15) is 0 Å². The van der Waals surface area contributed by atoms with Crippen LogP contribution in [0.15, 0.2) is 30.3 Å². The summed E-state index contributed by atoms with van der Waals surface area (Å²) in [6, 6.07) is 9.52. The van der Waals surface area contributed by atoms with Gasteiger partial charge in [-0.25, -0.2) is 0 Å². The summed E-state index contributed by atoms with van der Waals surface area (Å²) < 4.78 is 0. The normalized spacial score (nSPS) is 15.6. The van der Waals surface area contributed by atoms with Crippen LogP contribution in [-0.2, 0) is 10.4 Å². The van der Waals surface area contributed by atoms with Crippen molar-refractivity contribution in [3.8, 4) is 0 Å². The minimum absolute atomic E-state index is 0.0394. The molecule has 0 aliphatic carbocycles. The molecule has 0 fully saturated rings. The van der Waals surface area contributed by atoms with Gasteiger partial charge in [0.05, 0.1) is 5.92 Å². The average Bonchev–Trinajstić information content (AvgIpc) is 2.43. The van der Waals surface area contributed by atoms with Crippen LogP contribution in [0.5, 0.6) is 0 Å². The number of nitrogens with zero attached hydrogens (tertiary/aromatic N) is 1. The molecule has 3 heteroatoms. The zero-order chi connectivity index (χ0) is 14.5. The number of hydrogen-bond donors (Lipinski definition) is 1. The summed E-state index contributed by atoms with van der Waals surface area (Å²) in [5.41, 5.74) is -0.260. The third kappa shape index (κ3) is 3.57. The van der Waals surface area contributed by atoms with E-state index >= 15 is 0 Å². The van der Waals surface area contributed by atoms with Crippen LogP contribution in [-0.4, -0.2) is 30.0 Å². The molecule has 0 unspecified atom stereocenters. The summed E-state index contributed by atoms with van der Waals surface area (Å²) in [4.78, 5) is 13.7. The standard InChI is InChI=1S/C16H25NO2/c1-5-6-12-16(19,13(2)15(18)17(3)4)14-10-8-7-9-11-14/h7-11,13,19H,5-6,12H2,1-4H3/t13-,16+/m1/s1. The van der Waals surface area contributed by atoms with E-state index < -0.39 is 11.5 Å². The van der Waals surface area contributed by atoms with Crippen molar-refractivity contribution in [3.63, 3.8) is 0 Å². The van der Waals surface area contributed by atoms with E-state index in [0.29, 0.717) is 6.42 Å². The first-order valence-corrected chi connectivity index (χ1v) is 6.92. The third-order valence-electron chi connectivity index (χ3n) is 3.71. The predicted molar refractivity (Wildman–Crippen MR) is 77.7 cm³/mol. The number of unbranched alkanes of at least 4 members (excludes halogenated alkanes) is 1. The van der Waals surface area contributed by atoms with Gasteiger partial charge in [0.25, 0.3) is 0 Å². The van der Waals surface area contributed by atoms with Crippen LogP contribution in [0.3, 0.4) is 0 Å². The molecule has 19 heavy (non-hydrogen) atoms. The van der Waals surface area contributed by atoms with Crippen LogP contribution in [0.2, 0.25) is 0 Å². The summed E-state index contributed by atoms with van der Waals surface area (Å²) in [7, 11) is 3.45. The van der Waals surface area contributed by atoms with Crippen molar-refractivity contribution in [2.75, 3.05) is 14.1 Å². The Hall–Kier alpha value is -1.35. The molecule has 1 aromatic rings. The molecule has 0 bridgehead atoms. The second-order valence-corrected chi connectivity index (χ2v) is 5.35. The second-order valence-electron chi connectivity index (χ2n) is 5.35. The first-order valence-electron chi connectivity index (χ1n) is 6.92. The van der Waals surface area contributed by atoms with Gasteiger partial charge in [0.1, 0.15) is 5.60 Å². The largest absolute Gasteiger partial charge is 0.384 e. The molecule has 2 atom stereocenters. The highest BCUT2D eigenvalue weighted by atomic mass is 16.3. The van der Waals surface area contributed by atoms with Gasteiger partial charge in [0.15, 0.2) is 0 Å². The van der Waals surface area contributed by atoms with Crippen molar-refractivity contribution >= 4 is 5.91 Å². The Balaban J connectivity index is 3.09. The van der Waals surface area contributed by atoms with E-state index in [0.717, 1.165) is 18.4 Å². The molecular formula is C16H25NO2. The Bertz CT molecular complexity index is 402. The van der Waals surface area contributed by atoms with Gasteiger partial charge < -0.3 is 10.0 Å². The quantitative estimate of drug-likeness (QED) is 0.857. The molecule has 1 amide bonds. The molecule has 0 heterocycles. The fourth-order valence-corrected chi connectivity index (χ4v) is 2.38. The van der Waals surface area contributed by atoms with Crippen molar-refractivity contribution in [3.05, 3.63) is 35.9 Å². The maximum atomic E-state index is 12.2. The number of aliphatic hydroxyl groups is 1. The smallest absolute Gasteiger partial charge is 0.228 e. The molecule has 1 rings (SSSR count). The van der Waals surface area contributed by atoms with Gasteiger partial charge >= 0.3 is 0 Å². The maximum Gasteiger partial charge on any atom is 0.228 e. The third-order valence-corrected chi connectivity index (χ3v) is 3.71. The molecule has 1 N–H and O–H groups in total. The molecular weight excluding hydrogens is 238 g/mol. The first kappa shape index (κ1) is 15.7. The second kappa shape index (κ2) is 6.71. The highest BCUT2D eigenvalue weighted by Gasteiger charge is 2.39. The maximum absolute atomic E-state index is 12.2. The molecule has 0 aromatic heterocycles. The van der Waals surface area contributed by atoms with Gasteiger partial charge in [-0.05, 0) is 12.0 Å². The minimum Gasteiger partial charge on any atom is -0.384 e. The van der Waals surface area contributed by atoms with Crippen LogP contribution >= 0.6 is 0 Å². The van der Waals surface area contributed by atoms with Crippen molar-refractivity contribution in [2.24, 2.45) is 5.92 Å². The summed E-state index contributed by atoms with van der Waals surface area (Å²) in [6.45, 7) is 3.90. The summed E-state index contributed by atoms with van der Waals surface area (Å²) in [6.07, 6.45) is 2.50. The predicted octanol–water partition coefficient (Wildman–Crippen LogP) is 2.79. The van der Waals surface area contributed by atoms with Gasteiger partial charge in [0.2, 0.25) is 5.91 Å². The lowest BCUT2D eigenvalue weighted by Gasteiger charge is -2.35. The van der Waals surface area contributed by atoms with E-state index in [2.05, 4.69) is 6.92 Å². The number of amides is 1. The summed E-state index contributed by atoms with van der Waals surface area (Å²) in [5.74, 6) is -0.487. The van der Waals surface area contributed by atoms with Crippen molar-refractivity contribution < 1.29 is 9.90 Å². The van der Waals surface area contributed by atoms with E-state index in [1.54, 1.807) is 19.0 Å². The Morgan fingerprint density at radius 2 is 1.89 bits per heavy atom. The van der Waals surface area contributed by atoms with E-state index in [4.69, 9.17) is 0 Å². The molecule has 1 aromatic carbocycles. The molecule has 0 radical (unpaired) electrons. The van der Waals surface area contributed by atoms with Crippen LogP contribution < -0.4 is 0 Å². The fourth-order valence-electron chi connectivity index (χ4n) is 2.38. The highest BCUT2D eigenvalue weighted by molar-refractivity contribution is 5.79. The number of carbonyl (C=O) groups excluding carboxylic acids is 1. The SMILES string of the molecule is CCCC[C@@](O)(c1ccccc1)[C@H](C)C(=O)N(C)C. The Labute approximate surface area is 116 Å². The molecule has 106 valence electrons. The molecule has 0 saturated carbocycles. The first-order chi connectivity index (χ1) is 8.93. The van der Waals surface area contributed by atoms with E-state index in [1.165, 1.54) is 0 Å².